The largest absolute Gasteiger partial charge is 0.493 e. The number of methoxy groups -OCH3 is 1. The maximum Gasteiger partial charge on any atom is 0.271 e. The Hall–Kier alpha value is -3.61. The third-order valence-corrected chi connectivity index (χ3v) is 8.08. The minimum atomic E-state index is -0.228. The Morgan fingerprint density at radius 2 is 1.89 bits per heavy atom. The van der Waals surface area contributed by atoms with Crippen molar-refractivity contribution in [1.29, 1.82) is 0 Å². The number of allylic oxidation sites excluding steroid dienone is 1. The van der Waals surface area contributed by atoms with Gasteiger partial charge in [-0.2, -0.15) is 0 Å². The van der Waals surface area contributed by atoms with Gasteiger partial charge < -0.3 is 9.47 Å². The van der Waals surface area contributed by atoms with Gasteiger partial charge in [-0.3, -0.25) is 9.36 Å². The molecule has 4 aromatic rings. The third kappa shape index (κ3) is 4.20. The zero-order valence-electron chi connectivity index (χ0n) is 20.5. The van der Waals surface area contributed by atoms with Gasteiger partial charge in [0.15, 0.2) is 16.3 Å². The van der Waals surface area contributed by atoms with E-state index in [1.54, 1.807) is 7.11 Å². The first kappa shape index (κ1) is 23.8. The van der Waals surface area contributed by atoms with Crippen LogP contribution in [-0.4, -0.2) is 18.3 Å². The molecule has 7 heteroatoms. The number of aromatic nitrogens is 1. The van der Waals surface area contributed by atoms with Gasteiger partial charge in [0.05, 0.1) is 30.0 Å². The van der Waals surface area contributed by atoms with Crippen molar-refractivity contribution >= 4 is 34.7 Å². The highest BCUT2D eigenvalue weighted by Gasteiger charge is 2.32. The van der Waals surface area contributed by atoms with E-state index in [1.807, 2.05) is 60.0 Å². The molecule has 0 saturated heterocycles. The van der Waals surface area contributed by atoms with Crippen molar-refractivity contribution in [3.05, 3.63) is 119 Å². The quantitative estimate of drug-likeness (QED) is 0.349. The van der Waals surface area contributed by atoms with Gasteiger partial charge >= 0.3 is 0 Å². The molecule has 1 atom stereocenters. The van der Waals surface area contributed by atoms with E-state index in [0.29, 0.717) is 32.5 Å². The molecule has 1 aliphatic carbocycles. The average Bonchev–Trinajstić information content (AvgIpc) is 3.22. The Morgan fingerprint density at radius 3 is 2.68 bits per heavy atom. The normalized spacial score (nSPS) is 16.5. The maximum atomic E-state index is 13.9. The summed E-state index contributed by atoms with van der Waals surface area (Å²) in [4.78, 5) is 19.7. The Bertz CT molecular complexity index is 1720. The third-order valence-electron chi connectivity index (χ3n) is 6.84. The molecule has 0 radical (unpaired) electrons. The molecule has 0 fully saturated rings. The lowest BCUT2D eigenvalue weighted by Crippen LogP contribution is -2.38. The van der Waals surface area contributed by atoms with Crippen LogP contribution in [0.2, 0.25) is 5.02 Å². The number of nitrogens with zero attached hydrogens (tertiary/aromatic N) is 2. The Morgan fingerprint density at radius 1 is 1.08 bits per heavy atom. The second-order valence-corrected chi connectivity index (χ2v) is 10.5. The van der Waals surface area contributed by atoms with Gasteiger partial charge in [-0.25, -0.2) is 4.99 Å². The molecule has 3 aromatic carbocycles. The van der Waals surface area contributed by atoms with E-state index in [1.165, 1.54) is 22.5 Å². The summed E-state index contributed by atoms with van der Waals surface area (Å²) < 4.78 is 13.6. The van der Waals surface area contributed by atoms with Gasteiger partial charge in [-0.15, -0.1) is 0 Å². The van der Waals surface area contributed by atoms with Gasteiger partial charge in [-0.05, 0) is 72.4 Å². The standard InChI is InChI=1S/C30H25ClN2O3S/c1-3-36-25-16-18(8-15-24(25)35-2)17-26-29(34)33-28(20-9-12-21(31)13-10-20)23-14-11-19-6-4-5-7-22(19)27(23)32-30(33)37-26/h4-10,12-13,15-17,28H,3,11,14H2,1-2H3/b26-17+/t28-/m1/s1. The van der Waals surface area contributed by atoms with E-state index < -0.39 is 0 Å². The summed E-state index contributed by atoms with van der Waals surface area (Å²) >= 11 is 7.63. The fourth-order valence-corrected chi connectivity index (χ4v) is 6.30. The average molecular weight is 529 g/mol. The number of aryl methyl sites for hydroxylation is 1. The van der Waals surface area contributed by atoms with E-state index in [2.05, 4.69) is 24.3 Å². The van der Waals surface area contributed by atoms with Crippen LogP contribution in [0.15, 0.2) is 82.1 Å². The zero-order valence-corrected chi connectivity index (χ0v) is 22.1. The van der Waals surface area contributed by atoms with Gasteiger partial charge in [-0.1, -0.05) is 65.4 Å². The molecule has 1 aliphatic heterocycles. The molecular weight excluding hydrogens is 504 g/mol. The van der Waals surface area contributed by atoms with E-state index >= 15 is 0 Å². The molecular formula is C30H25ClN2O3S. The van der Waals surface area contributed by atoms with E-state index in [9.17, 15) is 4.79 Å². The lowest BCUT2D eigenvalue weighted by atomic mass is 9.83. The number of rotatable bonds is 5. The number of hydrogen-bond acceptors (Lipinski definition) is 5. The van der Waals surface area contributed by atoms with Gasteiger partial charge in [0.2, 0.25) is 0 Å². The second-order valence-electron chi connectivity index (χ2n) is 9.01. The van der Waals surface area contributed by atoms with E-state index in [-0.39, 0.29) is 11.6 Å². The summed E-state index contributed by atoms with van der Waals surface area (Å²) in [6.07, 6.45) is 3.68. The Balaban J connectivity index is 1.56. The minimum absolute atomic E-state index is 0.0529. The fourth-order valence-electron chi connectivity index (χ4n) is 5.17. The summed E-state index contributed by atoms with van der Waals surface area (Å²) in [5.41, 5.74) is 6.44. The van der Waals surface area contributed by atoms with Crippen molar-refractivity contribution in [2.45, 2.75) is 25.8 Å². The first-order valence-electron chi connectivity index (χ1n) is 12.3. The number of benzene rings is 3. The highest BCUT2D eigenvalue weighted by atomic mass is 35.5. The molecule has 6 rings (SSSR count). The monoisotopic (exact) mass is 528 g/mol. The summed E-state index contributed by atoms with van der Waals surface area (Å²) in [5, 5.41) is 0.670. The van der Waals surface area contributed by atoms with Crippen LogP contribution in [0.1, 0.15) is 41.6 Å². The minimum Gasteiger partial charge on any atom is -0.493 e. The number of thiazole rings is 1. The summed E-state index contributed by atoms with van der Waals surface area (Å²) in [6, 6.07) is 21.7. The predicted octanol–water partition coefficient (Wildman–Crippen LogP) is 5.38. The van der Waals surface area contributed by atoms with Crippen LogP contribution in [-0.2, 0) is 6.42 Å². The summed E-state index contributed by atoms with van der Waals surface area (Å²) in [7, 11) is 1.62. The smallest absolute Gasteiger partial charge is 0.271 e. The summed E-state index contributed by atoms with van der Waals surface area (Å²) in [6.45, 7) is 2.46. The van der Waals surface area contributed by atoms with Crippen molar-refractivity contribution in [2.75, 3.05) is 13.7 Å². The van der Waals surface area contributed by atoms with Crippen LogP contribution >= 0.6 is 22.9 Å². The first-order valence-corrected chi connectivity index (χ1v) is 13.5. The zero-order chi connectivity index (χ0) is 25.5. The van der Waals surface area contributed by atoms with Crippen LogP contribution in [0.3, 0.4) is 0 Å². The molecule has 2 heterocycles. The molecule has 1 aromatic heterocycles. The first-order chi connectivity index (χ1) is 18.1. The number of fused-ring (bicyclic) bond motifs is 3. The number of hydrogen-bond donors (Lipinski definition) is 0. The van der Waals surface area contributed by atoms with Crippen molar-refractivity contribution < 1.29 is 9.47 Å². The highest BCUT2D eigenvalue weighted by molar-refractivity contribution is 7.07. The van der Waals surface area contributed by atoms with Crippen molar-refractivity contribution in [3.63, 3.8) is 0 Å². The molecule has 37 heavy (non-hydrogen) atoms. The molecule has 0 saturated carbocycles. The lowest BCUT2D eigenvalue weighted by molar-refractivity contribution is 0.311. The molecule has 186 valence electrons. The highest BCUT2D eigenvalue weighted by Crippen LogP contribution is 2.41. The number of ether oxygens (including phenoxy) is 2. The fraction of sp³-hybridized carbons (Fsp3) is 0.200. The van der Waals surface area contributed by atoms with Crippen molar-refractivity contribution in [3.8, 4) is 11.5 Å². The molecule has 5 nitrogen and oxygen atoms in total. The van der Waals surface area contributed by atoms with Crippen LogP contribution in [0.5, 0.6) is 11.5 Å². The van der Waals surface area contributed by atoms with Gasteiger partial charge in [0.1, 0.15) is 0 Å². The van der Waals surface area contributed by atoms with Gasteiger partial charge in [0, 0.05) is 10.6 Å². The molecule has 2 aliphatic rings. The molecule has 0 N–H and O–H groups in total. The van der Waals surface area contributed by atoms with Crippen LogP contribution < -0.4 is 24.4 Å². The van der Waals surface area contributed by atoms with E-state index in [0.717, 1.165) is 35.2 Å². The molecule has 0 unspecified atom stereocenters. The van der Waals surface area contributed by atoms with Gasteiger partial charge in [0.25, 0.3) is 5.56 Å². The van der Waals surface area contributed by atoms with Crippen LogP contribution in [0.4, 0.5) is 0 Å². The molecule has 0 spiro atoms. The summed E-state index contributed by atoms with van der Waals surface area (Å²) in [5.74, 6) is 1.31. The van der Waals surface area contributed by atoms with Crippen LogP contribution in [0.25, 0.3) is 11.8 Å². The Labute approximate surface area is 223 Å². The van der Waals surface area contributed by atoms with Crippen molar-refractivity contribution in [2.24, 2.45) is 4.99 Å². The number of halogens is 1. The second kappa shape index (κ2) is 9.69. The van der Waals surface area contributed by atoms with Crippen molar-refractivity contribution in [1.82, 2.24) is 4.57 Å². The maximum absolute atomic E-state index is 13.9. The molecule has 0 amide bonds. The molecule has 0 bridgehead atoms. The lowest BCUT2D eigenvalue weighted by Gasteiger charge is -2.30. The van der Waals surface area contributed by atoms with Crippen LogP contribution in [0, 0.1) is 0 Å². The SMILES string of the molecule is CCOc1cc(/C=c2/sc3n(c2=O)[C@H](c2ccc(Cl)cc2)C2=C(N=3)c3ccccc3CC2)ccc1OC. The predicted molar refractivity (Wildman–Crippen MR) is 148 cm³/mol. The topological polar surface area (TPSA) is 52.8 Å². The Kier molecular flexibility index (Phi) is 6.22. The van der Waals surface area contributed by atoms with E-state index in [4.69, 9.17) is 26.1 Å².